The van der Waals surface area contributed by atoms with E-state index < -0.39 is 11.7 Å². The van der Waals surface area contributed by atoms with Gasteiger partial charge in [0.05, 0.1) is 16.6 Å². The molecule has 4 aromatic rings. The van der Waals surface area contributed by atoms with E-state index in [0.29, 0.717) is 22.9 Å². The van der Waals surface area contributed by atoms with E-state index in [9.17, 15) is 13.2 Å². The number of anilines is 2. The number of fused-ring (bicyclic) bond motifs is 1. The van der Waals surface area contributed by atoms with Gasteiger partial charge in [-0.15, -0.1) is 5.10 Å². The number of aromatic nitrogens is 4. The molecular weight excluding hydrogens is 417 g/mol. The molecule has 3 heterocycles. The molecule has 9 heteroatoms. The third-order valence-electron chi connectivity index (χ3n) is 5.69. The van der Waals surface area contributed by atoms with Crippen LogP contribution in [-0.2, 0) is 6.18 Å². The van der Waals surface area contributed by atoms with Crippen molar-refractivity contribution in [1.29, 1.82) is 0 Å². The van der Waals surface area contributed by atoms with E-state index in [-0.39, 0.29) is 0 Å². The SMILES string of the molecule is FC(F)(F)c1ccc2nc(-c3cccc(NC4CCN(c5cccnn5)CC4)c3)[nH]c2c1. The highest BCUT2D eigenvalue weighted by Crippen LogP contribution is 2.32. The molecule has 32 heavy (non-hydrogen) atoms. The predicted octanol–water partition coefficient (Wildman–Crippen LogP) is 5.12. The first kappa shape index (κ1) is 20.3. The van der Waals surface area contributed by atoms with Crippen LogP contribution in [-0.4, -0.2) is 39.3 Å². The van der Waals surface area contributed by atoms with Crippen molar-refractivity contribution in [3.05, 3.63) is 66.4 Å². The Balaban J connectivity index is 1.29. The van der Waals surface area contributed by atoms with Gasteiger partial charge in [-0.2, -0.15) is 18.3 Å². The second-order valence-corrected chi connectivity index (χ2v) is 7.88. The fourth-order valence-electron chi connectivity index (χ4n) is 4.03. The lowest BCUT2D eigenvalue weighted by Crippen LogP contribution is -2.39. The van der Waals surface area contributed by atoms with E-state index in [1.165, 1.54) is 6.07 Å². The number of nitrogens with zero attached hydrogens (tertiary/aromatic N) is 4. The Labute approximate surface area is 182 Å². The molecule has 1 aliphatic rings. The molecule has 1 aliphatic heterocycles. The number of aromatic amines is 1. The second kappa shape index (κ2) is 8.14. The molecular formula is C23H21F3N6. The van der Waals surface area contributed by atoms with Gasteiger partial charge in [0.15, 0.2) is 5.82 Å². The summed E-state index contributed by atoms with van der Waals surface area (Å²) in [7, 11) is 0. The van der Waals surface area contributed by atoms with Gasteiger partial charge in [-0.05, 0) is 55.3 Å². The Hall–Kier alpha value is -3.62. The lowest BCUT2D eigenvalue weighted by molar-refractivity contribution is -0.137. The summed E-state index contributed by atoms with van der Waals surface area (Å²) in [5.41, 5.74) is 1.95. The van der Waals surface area contributed by atoms with Crippen molar-refractivity contribution >= 4 is 22.5 Å². The van der Waals surface area contributed by atoms with Gasteiger partial charge >= 0.3 is 6.18 Å². The molecule has 6 nitrogen and oxygen atoms in total. The summed E-state index contributed by atoms with van der Waals surface area (Å²) in [6, 6.07) is 15.5. The molecule has 0 amide bonds. The number of nitrogens with one attached hydrogen (secondary N) is 2. The van der Waals surface area contributed by atoms with E-state index >= 15 is 0 Å². The van der Waals surface area contributed by atoms with Crippen LogP contribution in [0.15, 0.2) is 60.8 Å². The van der Waals surface area contributed by atoms with Crippen LogP contribution in [0.2, 0.25) is 0 Å². The molecule has 1 fully saturated rings. The number of alkyl halides is 3. The van der Waals surface area contributed by atoms with Crippen LogP contribution in [0.25, 0.3) is 22.4 Å². The van der Waals surface area contributed by atoms with Crippen LogP contribution in [0.4, 0.5) is 24.7 Å². The minimum absolute atomic E-state index is 0.322. The standard InChI is InChI=1S/C23H21F3N6/c24-23(25,26)16-6-7-19-20(14-16)30-22(29-19)15-3-1-4-18(13-15)28-17-8-11-32(12-9-17)21-5-2-10-27-31-21/h1-7,10,13-14,17,28H,8-9,11-12H2,(H,29,30). The van der Waals surface area contributed by atoms with Gasteiger partial charge in [-0.3, -0.25) is 0 Å². The average Bonchev–Trinajstić information content (AvgIpc) is 3.23. The fraction of sp³-hybridized carbons (Fsp3) is 0.261. The van der Waals surface area contributed by atoms with E-state index in [4.69, 9.17) is 0 Å². The zero-order chi connectivity index (χ0) is 22.1. The maximum absolute atomic E-state index is 13.0. The topological polar surface area (TPSA) is 69.7 Å². The predicted molar refractivity (Wildman–Crippen MR) is 117 cm³/mol. The van der Waals surface area contributed by atoms with Gasteiger partial charge in [0, 0.05) is 36.6 Å². The highest BCUT2D eigenvalue weighted by Gasteiger charge is 2.30. The van der Waals surface area contributed by atoms with Crippen molar-refractivity contribution in [2.45, 2.75) is 25.1 Å². The highest BCUT2D eigenvalue weighted by molar-refractivity contribution is 5.80. The maximum Gasteiger partial charge on any atom is 0.416 e. The summed E-state index contributed by atoms with van der Waals surface area (Å²) in [4.78, 5) is 9.72. The summed E-state index contributed by atoms with van der Waals surface area (Å²) >= 11 is 0. The highest BCUT2D eigenvalue weighted by atomic mass is 19.4. The van der Waals surface area contributed by atoms with Gasteiger partial charge in [0.1, 0.15) is 5.82 Å². The quantitative estimate of drug-likeness (QED) is 0.463. The number of halogens is 3. The van der Waals surface area contributed by atoms with E-state index in [0.717, 1.165) is 55.1 Å². The van der Waals surface area contributed by atoms with Crippen molar-refractivity contribution in [3.8, 4) is 11.4 Å². The number of hydrogen-bond acceptors (Lipinski definition) is 5. The maximum atomic E-state index is 13.0. The van der Waals surface area contributed by atoms with E-state index in [2.05, 4.69) is 30.4 Å². The van der Waals surface area contributed by atoms with E-state index in [1.807, 2.05) is 36.4 Å². The normalized spacial score (nSPS) is 15.3. The summed E-state index contributed by atoms with van der Waals surface area (Å²) in [6.07, 6.45) is -0.786. The first-order valence-electron chi connectivity index (χ1n) is 10.4. The van der Waals surface area contributed by atoms with Crippen molar-refractivity contribution in [3.63, 3.8) is 0 Å². The Bertz CT molecular complexity index is 1210. The average molecular weight is 438 g/mol. The van der Waals surface area contributed by atoms with Crippen LogP contribution in [0.1, 0.15) is 18.4 Å². The minimum Gasteiger partial charge on any atom is -0.382 e. The van der Waals surface area contributed by atoms with Crippen molar-refractivity contribution in [2.24, 2.45) is 0 Å². The Morgan fingerprint density at radius 3 is 2.59 bits per heavy atom. The molecule has 0 atom stereocenters. The number of H-pyrrole nitrogens is 1. The molecule has 0 bridgehead atoms. The van der Waals surface area contributed by atoms with Crippen molar-refractivity contribution < 1.29 is 13.2 Å². The largest absolute Gasteiger partial charge is 0.416 e. The Morgan fingerprint density at radius 2 is 1.84 bits per heavy atom. The zero-order valence-electron chi connectivity index (χ0n) is 17.1. The fourth-order valence-corrected chi connectivity index (χ4v) is 4.03. The summed E-state index contributed by atoms with van der Waals surface area (Å²) in [5, 5.41) is 11.7. The van der Waals surface area contributed by atoms with Gasteiger partial charge < -0.3 is 15.2 Å². The monoisotopic (exact) mass is 438 g/mol. The number of rotatable bonds is 4. The first-order valence-corrected chi connectivity index (χ1v) is 10.4. The first-order chi connectivity index (χ1) is 15.5. The molecule has 0 spiro atoms. The lowest BCUT2D eigenvalue weighted by Gasteiger charge is -2.33. The number of benzene rings is 2. The number of imidazole rings is 1. The van der Waals surface area contributed by atoms with Crippen molar-refractivity contribution in [1.82, 2.24) is 20.2 Å². The molecule has 0 saturated carbocycles. The molecule has 1 saturated heterocycles. The molecule has 0 radical (unpaired) electrons. The molecule has 2 aromatic heterocycles. The summed E-state index contributed by atoms with van der Waals surface area (Å²) in [5.74, 6) is 1.44. The molecule has 0 aliphatic carbocycles. The molecule has 0 unspecified atom stereocenters. The van der Waals surface area contributed by atoms with Crippen LogP contribution in [0.5, 0.6) is 0 Å². The molecule has 164 valence electrons. The summed E-state index contributed by atoms with van der Waals surface area (Å²) in [6.45, 7) is 1.78. The van der Waals surface area contributed by atoms with Crippen LogP contribution >= 0.6 is 0 Å². The molecule has 5 rings (SSSR count). The van der Waals surface area contributed by atoms with Crippen molar-refractivity contribution in [2.75, 3.05) is 23.3 Å². The summed E-state index contributed by atoms with van der Waals surface area (Å²) < 4.78 is 39.0. The Morgan fingerprint density at radius 1 is 1.00 bits per heavy atom. The van der Waals surface area contributed by atoms with Gasteiger partial charge in [0.25, 0.3) is 0 Å². The van der Waals surface area contributed by atoms with Crippen LogP contribution < -0.4 is 10.2 Å². The third kappa shape index (κ3) is 4.23. The van der Waals surface area contributed by atoms with E-state index in [1.54, 1.807) is 6.20 Å². The number of hydrogen-bond donors (Lipinski definition) is 2. The Kier molecular flexibility index (Phi) is 5.16. The van der Waals surface area contributed by atoms with Crippen LogP contribution in [0, 0.1) is 0 Å². The van der Waals surface area contributed by atoms with Crippen LogP contribution in [0.3, 0.4) is 0 Å². The van der Waals surface area contributed by atoms with Gasteiger partial charge in [-0.1, -0.05) is 12.1 Å². The number of piperidine rings is 1. The smallest absolute Gasteiger partial charge is 0.382 e. The van der Waals surface area contributed by atoms with Gasteiger partial charge in [-0.25, -0.2) is 4.98 Å². The lowest BCUT2D eigenvalue weighted by atomic mass is 10.0. The minimum atomic E-state index is -4.38. The third-order valence-corrected chi connectivity index (χ3v) is 5.69. The molecule has 2 N–H and O–H groups in total. The second-order valence-electron chi connectivity index (χ2n) is 7.88. The zero-order valence-corrected chi connectivity index (χ0v) is 17.1. The van der Waals surface area contributed by atoms with Gasteiger partial charge in [0.2, 0.25) is 0 Å². The molecule has 2 aromatic carbocycles.